The normalized spacial score (nSPS) is 14.4. The van der Waals surface area contributed by atoms with Crippen LogP contribution in [0.25, 0.3) is 0 Å². The van der Waals surface area contributed by atoms with Crippen molar-refractivity contribution in [2.45, 2.75) is 40.2 Å². The van der Waals surface area contributed by atoms with Crippen LogP contribution in [0.4, 0.5) is 5.69 Å². The molecule has 126 valence electrons. The number of aryl methyl sites for hydroxylation is 2. The van der Waals surface area contributed by atoms with Crippen LogP contribution >= 0.6 is 0 Å². The van der Waals surface area contributed by atoms with Gasteiger partial charge in [-0.1, -0.05) is 18.2 Å². The van der Waals surface area contributed by atoms with Crippen molar-refractivity contribution >= 4 is 17.6 Å². The van der Waals surface area contributed by atoms with Gasteiger partial charge < -0.3 is 14.1 Å². The average Bonchev–Trinajstić information content (AvgIpc) is 3.08. The van der Waals surface area contributed by atoms with Gasteiger partial charge in [0.2, 0.25) is 0 Å². The lowest BCUT2D eigenvalue weighted by Gasteiger charge is -2.21. The molecule has 0 spiro atoms. The first-order chi connectivity index (χ1) is 11.4. The van der Waals surface area contributed by atoms with Crippen molar-refractivity contribution in [3.63, 3.8) is 0 Å². The molecular formula is C19H21NO4. The standard InChI is InChI=1S/C19H21NO4/c1-11-12(2)23-13(3)17(11)19(22)24-14(4)18(21)20-10-9-15-7-5-6-8-16(15)20/h5-8,14H,9-10H2,1-4H3/t14-/m0/s1. The zero-order valence-corrected chi connectivity index (χ0v) is 14.4. The number of rotatable bonds is 3. The Morgan fingerprint density at radius 3 is 2.54 bits per heavy atom. The number of anilines is 1. The second kappa shape index (κ2) is 6.15. The highest BCUT2D eigenvalue weighted by Gasteiger charge is 2.31. The van der Waals surface area contributed by atoms with Crippen LogP contribution < -0.4 is 4.90 Å². The Bertz CT molecular complexity index is 806. The van der Waals surface area contributed by atoms with Gasteiger partial charge in [0.05, 0.1) is 0 Å². The molecule has 0 N–H and O–H groups in total. The third kappa shape index (κ3) is 2.70. The molecule has 1 aromatic carbocycles. The first-order valence-electron chi connectivity index (χ1n) is 8.07. The van der Waals surface area contributed by atoms with Gasteiger partial charge in [0.25, 0.3) is 5.91 Å². The molecule has 0 aliphatic carbocycles. The molecule has 0 saturated heterocycles. The number of benzene rings is 1. The lowest BCUT2D eigenvalue weighted by Crippen LogP contribution is -2.39. The lowest BCUT2D eigenvalue weighted by atomic mass is 10.1. The average molecular weight is 327 g/mol. The SMILES string of the molecule is Cc1oc(C)c(C(=O)O[C@@H](C)C(=O)N2CCc3ccccc32)c1C. The molecule has 3 rings (SSSR count). The molecule has 5 heteroatoms. The zero-order chi connectivity index (χ0) is 17.4. The van der Waals surface area contributed by atoms with Gasteiger partial charge in [0, 0.05) is 17.8 Å². The van der Waals surface area contributed by atoms with Crippen molar-refractivity contribution in [1.82, 2.24) is 0 Å². The Hall–Kier alpha value is -2.56. The van der Waals surface area contributed by atoms with Gasteiger partial charge in [-0.05, 0) is 45.7 Å². The monoisotopic (exact) mass is 327 g/mol. The van der Waals surface area contributed by atoms with Gasteiger partial charge in [0.1, 0.15) is 17.1 Å². The molecule has 1 aromatic heterocycles. The summed E-state index contributed by atoms with van der Waals surface area (Å²) in [6, 6.07) is 7.80. The number of fused-ring (bicyclic) bond motifs is 1. The summed E-state index contributed by atoms with van der Waals surface area (Å²) < 4.78 is 10.9. The van der Waals surface area contributed by atoms with Crippen molar-refractivity contribution in [2.75, 3.05) is 11.4 Å². The minimum absolute atomic E-state index is 0.205. The number of hydrogen-bond donors (Lipinski definition) is 0. The van der Waals surface area contributed by atoms with Gasteiger partial charge in [-0.2, -0.15) is 0 Å². The van der Waals surface area contributed by atoms with Crippen LogP contribution in [0.15, 0.2) is 28.7 Å². The summed E-state index contributed by atoms with van der Waals surface area (Å²) in [5, 5.41) is 0. The summed E-state index contributed by atoms with van der Waals surface area (Å²) >= 11 is 0. The van der Waals surface area contributed by atoms with E-state index in [-0.39, 0.29) is 5.91 Å². The highest BCUT2D eigenvalue weighted by Crippen LogP contribution is 2.28. The summed E-state index contributed by atoms with van der Waals surface area (Å²) in [6.45, 7) is 7.56. The molecule has 0 bridgehead atoms. The minimum atomic E-state index is -0.849. The number of para-hydroxylation sites is 1. The van der Waals surface area contributed by atoms with Crippen LogP contribution in [0.1, 0.15) is 39.9 Å². The maximum atomic E-state index is 12.7. The van der Waals surface area contributed by atoms with E-state index in [1.54, 1.807) is 25.7 Å². The van der Waals surface area contributed by atoms with E-state index in [4.69, 9.17) is 9.15 Å². The van der Waals surface area contributed by atoms with Crippen molar-refractivity contribution in [1.29, 1.82) is 0 Å². The Morgan fingerprint density at radius 1 is 1.17 bits per heavy atom. The highest BCUT2D eigenvalue weighted by atomic mass is 16.5. The second-order valence-corrected chi connectivity index (χ2v) is 6.13. The van der Waals surface area contributed by atoms with E-state index in [1.165, 1.54) is 0 Å². The number of hydrogen-bond acceptors (Lipinski definition) is 4. The molecule has 1 atom stereocenters. The molecule has 2 aromatic rings. The molecule has 1 amide bonds. The number of carbonyl (C=O) groups is 2. The van der Waals surface area contributed by atoms with Crippen LogP contribution in [-0.2, 0) is 16.0 Å². The maximum Gasteiger partial charge on any atom is 0.342 e. The first kappa shape index (κ1) is 16.3. The molecule has 0 unspecified atom stereocenters. The van der Waals surface area contributed by atoms with E-state index in [0.29, 0.717) is 23.6 Å². The first-order valence-corrected chi connectivity index (χ1v) is 8.07. The fraction of sp³-hybridized carbons (Fsp3) is 0.368. The van der Waals surface area contributed by atoms with Crippen LogP contribution in [0.2, 0.25) is 0 Å². The molecule has 1 aliphatic heterocycles. The number of carbonyl (C=O) groups excluding carboxylic acids is 2. The Morgan fingerprint density at radius 2 is 1.88 bits per heavy atom. The van der Waals surface area contributed by atoms with Gasteiger partial charge in [0.15, 0.2) is 6.10 Å². The number of esters is 1. The van der Waals surface area contributed by atoms with Crippen molar-refractivity contribution < 1.29 is 18.7 Å². The highest BCUT2D eigenvalue weighted by molar-refractivity contribution is 6.00. The van der Waals surface area contributed by atoms with Crippen LogP contribution in [-0.4, -0.2) is 24.5 Å². The fourth-order valence-electron chi connectivity index (χ4n) is 3.15. The molecule has 5 nitrogen and oxygen atoms in total. The van der Waals surface area contributed by atoms with Crippen LogP contribution in [0.3, 0.4) is 0 Å². The van der Waals surface area contributed by atoms with Crippen LogP contribution in [0.5, 0.6) is 0 Å². The fourth-order valence-corrected chi connectivity index (χ4v) is 3.15. The van der Waals surface area contributed by atoms with Crippen molar-refractivity contribution in [2.24, 2.45) is 0 Å². The second-order valence-electron chi connectivity index (χ2n) is 6.13. The summed E-state index contributed by atoms with van der Waals surface area (Å²) in [5.41, 5.74) is 3.20. The smallest absolute Gasteiger partial charge is 0.342 e. The molecular weight excluding hydrogens is 306 g/mol. The van der Waals surface area contributed by atoms with Gasteiger partial charge in [-0.25, -0.2) is 4.79 Å². The Labute approximate surface area is 141 Å². The molecule has 0 radical (unpaired) electrons. The molecule has 1 aliphatic rings. The summed E-state index contributed by atoms with van der Waals surface area (Å²) in [6.07, 6.45) is -0.0282. The predicted octanol–water partition coefficient (Wildman–Crippen LogP) is 3.34. The number of nitrogens with zero attached hydrogens (tertiary/aromatic N) is 1. The summed E-state index contributed by atoms with van der Waals surface area (Å²) in [7, 11) is 0. The predicted molar refractivity (Wildman–Crippen MR) is 90.3 cm³/mol. The Balaban J connectivity index is 1.74. The molecule has 0 saturated carbocycles. The summed E-state index contributed by atoms with van der Waals surface area (Å²) in [4.78, 5) is 26.8. The largest absolute Gasteiger partial charge is 0.465 e. The van der Waals surface area contributed by atoms with E-state index in [2.05, 4.69) is 0 Å². The Kier molecular flexibility index (Phi) is 4.18. The van der Waals surface area contributed by atoms with Gasteiger partial charge >= 0.3 is 5.97 Å². The number of ether oxygens (including phenoxy) is 1. The third-order valence-electron chi connectivity index (χ3n) is 4.55. The molecule has 0 fully saturated rings. The minimum Gasteiger partial charge on any atom is -0.465 e. The molecule has 24 heavy (non-hydrogen) atoms. The number of amides is 1. The van der Waals surface area contributed by atoms with Crippen molar-refractivity contribution in [3.05, 3.63) is 52.5 Å². The van der Waals surface area contributed by atoms with Crippen LogP contribution in [0, 0.1) is 20.8 Å². The van der Waals surface area contributed by atoms with E-state index in [9.17, 15) is 9.59 Å². The van der Waals surface area contributed by atoms with E-state index >= 15 is 0 Å². The lowest BCUT2D eigenvalue weighted by molar-refractivity contribution is -0.126. The van der Waals surface area contributed by atoms with E-state index < -0.39 is 12.1 Å². The third-order valence-corrected chi connectivity index (χ3v) is 4.55. The molecule has 2 heterocycles. The van der Waals surface area contributed by atoms with Crippen molar-refractivity contribution in [3.8, 4) is 0 Å². The van der Waals surface area contributed by atoms with E-state index in [0.717, 1.165) is 23.2 Å². The zero-order valence-electron chi connectivity index (χ0n) is 14.4. The number of furan rings is 1. The topological polar surface area (TPSA) is 59.8 Å². The summed E-state index contributed by atoms with van der Waals surface area (Å²) in [5.74, 6) is 0.479. The quantitative estimate of drug-likeness (QED) is 0.811. The maximum absolute atomic E-state index is 12.7. The van der Waals surface area contributed by atoms with E-state index in [1.807, 2.05) is 31.2 Å². The van der Waals surface area contributed by atoms with Gasteiger partial charge in [-0.3, -0.25) is 4.79 Å². The van der Waals surface area contributed by atoms with Gasteiger partial charge in [-0.15, -0.1) is 0 Å².